The predicted octanol–water partition coefficient (Wildman–Crippen LogP) is -1.22. The first-order chi connectivity index (χ1) is 4.57. The van der Waals surface area contributed by atoms with Crippen LogP contribution in [0.3, 0.4) is 0 Å². The topological polar surface area (TPSA) is 95.4 Å². The molecule has 0 aliphatic carbocycles. The minimum Gasteiger partial charge on any atom is -0.468 e. The Balaban J connectivity index is 0. The first kappa shape index (κ1) is 12.8. The summed E-state index contributed by atoms with van der Waals surface area (Å²) < 4.78 is 4.24. The van der Waals surface area contributed by atoms with Gasteiger partial charge in [-0.15, -0.1) is 12.4 Å². The minimum atomic E-state index is -0.928. The van der Waals surface area contributed by atoms with Crippen LogP contribution in [0, 0.1) is 0 Å². The Morgan fingerprint density at radius 1 is 1.55 bits per heavy atom. The van der Waals surface area contributed by atoms with Crippen molar-refractivity contribution in [3.8, 4) is 0 Å². The Morgan fingerprint density at radius 3 is 2.27 bits per heavy atom. The fourth-order valence-corrected chi connectivity index (χ4v) is 0.451. The minimum absolute atomic E-state index is 0. The molecule has 1 atom stereocenters. The van der Waals surface area contributed by atoms with Gasteiger partial charge in [0.1, 0.15) is 6.04 Å². The van der Waals surface area contributed by atoms with Gasteiger partial charge in [0, 0.05) is 0 Å². The fourth-order valence-electron chi connectivity index (χ4n) is 0.451. The standard InChI is InChI=1S/C5H10N2O3.ClH/c1-10-5(9)3(6)2-4(7)8;/h3H,2,6H2,1H3,(H2,7,8);1H/t3-;/m1./s1. The lowest BCUT2D eigenvalue weighted by atomic mass is 10.2. The first-order valence-electron chi connectivity index (χ1n) is 2.69. The lowest BCUT2D eigenvalue weighted by Gasteiger charge is -2.04. The van der Waals surface area contributed by atoms with Crippen molar-refractivity contribution in [1.82, 2.24) is 0 Å². The van der Waals surface area contributed by atoms with Gasteiger partial charge in [0.05, 0.1) is 13.5 Å². The molecular weight excluding hydrogens is 172 g/mol. The van der Waals surface area contributed by atoms with Gasteiger partial charge < -0.3 is 16.2 Å². The van der Waals surface area contributed by atoms with Gasteiger partial charge in [-0.2, -0.15) is 0 Å². The summed E-state index contributed by atoms with van der Waals surface area (Å²) in [5, 5.41) is 0. The molecule has 0 saturated carbocycles. The first-order valence-corrected chi connectivity index (χ1v) is 2.69. The Morgan fingerprint density at radius 2 is 2.00 bits per heavy atom. The zero-order chi connectivity index (χ0) is 8.15. The van der Waals surface area contributed by atoms with Gasteiger partial charge in [0.15, 0.2) is 0 Å². The molecule has 0 saturated heterocycles. The Bertz CT molecular complexity index is 151. The molecule has 5 nitrogen and oxygen atoms in total. The second kappa shape index (κ2) is 5.94. The zero-order valence-electron chi connectivity index (χ0n) is 6.07. The summed E-state index contributed by atoms with van der Waals surface area (Å²) >= 11 is 0. The van der Waals surface area contributed by atoms with Crippen LogP contribution in [-0.2, 0) is 14.3 Å². The zero-order valence-corrected chi connectivity index (χ0v) is 6.89. The molecule has 0 fully saturated rings. The van der Waals surface area contributed by atoms with Crippen LogP contribution < -0.4 is 11.5 Å². The number of rotatable bonds is 3. The second-order valence-electron chi connectivity index (χ2n) is 1.80. The van der Waals surface area contributed by atoms with E-state index in [0.717, 1.165) is 0 Å². The Kier molecular flexibility index (Phi) is 6.92. The molecule has 0 rings (SSSR count). The normalized spacial score (nSPS) is 11.1. The van der Waals surface area contributed by atoms with Gasteiger partial charge in [0.2, 0.25) is 5.91 Å². The number of ether oxygens (including phenoxy) is 1. The van der Waals surface area contributed by atoms with E-state index in [-0.39, 0.29) is 18.8 Å². The average Bonchev–Trinajstić information content (AvgIpc) is 1.85. The maximum Gasteiger partial charge on any atom is 0.323 e. The molecule has 0 radical (unpaired) electrons. The number of nitrogens with two attached hydrogens (primary N) is 2. The van der Waals surface area contributed by atoms with Crippen molar-refractivity contribution in [2.45, 2.75) is 12.5 Å². The van der Waals surface area contributed by atoms with Crippen molar-refractivity contribution in [3.63, 3.8) is 0 Å². The Labute approximate surface area is 70.5 Å². The lowest BCUT2D eigenvalue weighted by molar-refractivity contribution is -0.143. The molecule has 0 aliphatic heterocycles. The summed E-state index contributed by atoms with van der Waals surface area (Å²) in [7, 11) is 1.20. The number of halogens is 1. The molecule has 1 amide bonds. The second-order valence-corrected chi connectivity index (χ2v) is 1.80. The molecule has 6 heteroatoms. The summed E-state index contributed by atoms with van der Waals surface area (Å²) in [6.07, 6.45) is -0.174. The van der Waals surface area contributed by atoms with Crippen molar-refractivity contribution in [1.29, 1.82) is 0 Å². The summed E-state index contributed by atoms with van der Waals surface area (Å²) in [6.45, 7) is 0. The SMILES string of the molecule is COC(=O)[C@H](N)CC(N)=O.Cl. The van der Waals surface area contributed by atoms with E-state index < -0.39 is 17.9 Å². The molecule has 66 valence electrons. The van der Waals surface area contributed by atoms with E-state index in [9.17, 15) is 9.59 Å². The number of carbonyl (C=O) groups excluding carboxylic acids is 2. The smallest absolute Gasteiger partial charge is 0.323 e. The molecule has 0 unspecified atom stereocenters. The fraction of sp³-hybridized carbons (Fsp3) is 0.600. The van der Waals surface area contributed by atoms with E-state index in [2.05, 4.69) is 4.74 Å². The molecule has 0 aromatic heterocycles. The van der Waals surface area contributed by atoms with Crippen LogP contribution in [0.5, 0.6) is 0 Å². The average molecular weight is 183 g/mol. The number of amides is 1. The van der Waals surface area contributed by atoms with Crippen molar-refractivity contribution < 1.29 is 14.3 Å². The molecular formula is C5H11ClN2O3. The van der Waals surface area contributed by atoms with Gasteiger partial charge >= 0.3 is 5.97 Å². The Hall–Kier alpha value is -0.810. The van der Waals surface area contributed by atoms with E-state index >= 15 is 0 Å². The number of hydrogen-bond acceptors (Lipinski definition) is 4. The monoisotopic (exact) mass is 182 g/mol. The third-order valence-corrected chi connectivity index (χ3v) is 0.925. The highest BCUT2D eigenvalue weighted by molar-refractivity contribution is 5.85. The molecule has 0 aromatic rings. The third kappa shape index (κ3) is 5.63. The summed E-state index contributed by atoms with van der Waals surface area (Å²) in [6, 6.07) is -0.928. The number of primary amides is 1. The van der Waals surface area contributed by atoms with E-state index in [1.165, 1.54) is 7.11 Å². The molecule has 11 heavy (non-hydrogen) atoms. The molecule has 0 heterocycles. The van der Waals surface area contributed by atoms with Crippen LogP contribution in [0.1, 0.15) is 6.42 Å². The highest BCUT2D eigenvalue weighted by Gasteiger charge is 2.15. The highest BCUT2D eigenvalue weighted by Crippen LogP contribution is 1.88. The van der Waals surface area contributed by atoms with Gasteiger partial charge in [-0.1, -0.05) is 0 Å². The molecule has 0 spiro atoms. The number of carbonyl (C=O) groups is 2. The molecule has 0 aliphatic rings. The molecule has 4 N–H and O–H groups in total. The summed E-state index contributed by atoms with van der Waals surface area (Å²) in [5.74, 6) is -1.24. The maximum absolute atomic E-state index is 10.5. The van der Waals surface area contributed by atoms with Gasteiger partial charge in [-0.3, -0.25) is 9.59 Å². The maximum atomic E-state index is 10.5. The van der Waals surface area contributed by atoms with Crippen LogP contribution in [0.15, 0.2) is 0 Å². The number of methoxy groups -OCH3 is 1. The van der Waals surface area contributed by atoms with Crippen molar-refractivity contribution in [2.24, 2.45) is 11.5 Å². The van der Waals surface area contributed by atoms with Gasteiger partial charge in [-0.25, -0.2) is 0 Å². The van der Waals surface area contributed by atoms with Gasteiger partial charge in [-0.05, 0) is 0 Å². The summed E-state index contributed by atoms with van der Waals surface area (Å²) in [4.78, 5) is 20.7. The largest absolute Gasteiger partial charge is 0.468 e. The van der Waals surface area contributed by atoms with Crippen LogP contribution in [0.4, 0.5) is 0 Å². The van der Waals surface area contributed by atoms with E-state index in [1.54, 1.807) is 0 Å². The van der Waals surface area contributed by atoms with Crippen LogP contribution in [0.2, 0.25) is 0 Å². The third-order valence-electron chi connectivity index (χ3n) is 0.925. The number of hydrogen-bond donors (Lipinski definition) is 2. The van der Waals surface area contributed by atoms with E-state index in [0.29, 0.717) is 0 Å². The van der Waals surface area contributed by atoms with Crippen LogP contribution in [-0.4, -0.2) is 25.0 Å². The quantitative estimate of drug-likeness (QED) is 0.535. The lowest BCUT2D eigenvalue weighted by Crippen LogP contribution is -2.35. The van der Waals surface area contributed by atoms with Gasteiger partial charge in [0.25, 0.3) is 0 Å². The number of esters is 1. The van der Waals surface area contributed by atoms with E-state index in [1.807, 2.05) is 0 Å². The highest BCUT2D eigenvalue weighted by atomic mass is 35.5. The van der Waals surface area contributed by atoms with Crippen molar-refractivity contribution >= 4 is 24.3 Å². The predicted molar refractivity (Wildman–Crippen MR) is 41.1 cm³/mol. The van der Waals surface area contributed by atoms with E-state index in [4.69, 9.17) is 11.5 Å². The molecule has 0 aromatic carbocycles. The van der Waals surface area contributed by atoms with Crippen LogP contribution >= 0.6 is 12.4 Å². The summed E-state index contributed by atoms with van der Waals surface area (Å²) in [5.41, 5.74) is 9.91. The van der Waals surface area contributed by atoms with Crippen molar-refractivity contribution in [3.05, 3.63) is 0 Å². The van der Waals surface area contributed by atoms with Crippen LogP contribution in [0.25, 0.3) is 0 Å². The molecule has 0 bridgehead atoms. The van der Waals surface area contributed by atoms with Crippen molar-refractivity contribution in [2.75, 3.05) is 7.11 Å².